The van der Waals surface area contributed by atoms with Gasteiger partial charge in [-0.2, -0.15) is 18.4 Å². The Kier molecular flexibility index (Phi) is 7.05. The van der Waals surface area contributed by atoms with E-state index in [1.807, 2.05) is 0 Å². The first kappa shape index (κ1) is 24.5. The molecule has 2 aromatic rings. The molecule has 0 heterocycles. The number of benzene rings is 2. The van der Waals surface area contributed by atoms with Gasteiger partial charge in [-0.3, -0.25) is 10.8 Å². The highest BCUT2D eigenvalue weighted by Crippen LogP contribution is 2.38. The number of rotatable bonds is 5. The van der Waals surface area contributed by atoms with Gasteiger partial charge < -0.3 is 9.47 Å². The minimum atomic E-state index is -5.77. The van der Waals surface area contributed by atoms with Crippen molar-refractivity contribution in [1.82, 2.24) is 0 Å². The number of hydrogen-bond acceptors (Lipinski definition) is 7. The number of sulfone groups is 1. The number of nitrogens with zero attached hydrogens (tertiary/aromatic N) is 1. The van der Waals surface area contributed by atoms with E-state index in [9.17, 15) is 26.0 Å². The van der Waals surface area contributed by atoms with Crippen LogP contribution in [0.4, 0.5) is 17.6 Å². The summed E-state index contributed by atoms with van der Waals surface area (Å²) < 4.78 is 87.4. The Balaban J connectivity index is 2.64. The van der Waals surface area contributed by atoms with Crippen LogP contribution < -0.4 is 4.74 Å². The monoisotopic (exact) mass is 469 g/mol. The first-order chi connectivity index (χ1) is 14.8. The number of halogens is 4. The maximum Gasteiger partial charge on any atom is 0.501 e. The van der Waals surface area contributed by atoms with Gasteiger partial charge >= 0.3 is 5.51 Å². The van der Waals surface area contributed by atoms with Crippen LogP contribution in [0.2, 0.25) is 0 Å². The summed E-state index contributed by atoms with van der Waals surface area (Å²) >= 11 is 0. The summed E-state index contributed by atoms with van der Waals surface area (Å²) in [6.07, 6.45) is 1.77. The van der Waals surface area contributed by atoms with Crippen molar-refractivity contribution in [2.45, 2.75) is 24.3 Å². The molecule has 0 radical (unpaired) electrons. The minimum Gasteiger partial charge on any atom is -0.457 e. The Hall–Kier alpha value is -3.72. The van der Waals surface area contributed by atoms with E-state index in [0.717, 1.165) is 30.4 Å². The van der Waals surface area contributed by atoms with Gasteiger partial charge in [0, 0.05) is 30.2 Å². The van der Waals surface area contributed by atoms with Crippen molar-refractivity contribution >= 4 is 27.7 Å². The van der Waals surface area contributed by atoms with E-state index in [1.165, 1.54) is 19.9 Å². The molecule has 2 aromatic carbocycles. The van der Waals surface area contributed by atoms with E-state index < -0.39 is 37.5 Å². The second-order valence-electron chi connectivity index (χ2n) is 6.29. The summed E-state index contributed by atoms with van der Waals surface area (Å²) in [5.74, 6) is -2.03. The second kappa shape index (κ2) is 9.19. The quantitative estimate of drug-likeness (QED) is 0.358. The fourth-order valence-electron chi connectivity index (χ4n) is 2.53. The number of nitriles is 1. The van der Waals surface area contributed by atoms with Crippen molar-refractivity contribution in [3.8, 4) is 17.6 Å². The van der Waals surface area contributed by atoms with Crippen LogP contribution in [0.5, 0.6) is 11.5 Å². The third-order valence-corrected chi connectivity index (χ3v) is 5.46. The van der Waals surface area contributed by atoms with Crippen molar-refractivity contribution in [2.24, 2.45) is 0 Å². The molecule has 0 fully saturated rings. The number of hydrogen-bond donors (Lipinski definition) is 2. The zero-order valence-electron chi connectivity index (χ0n) is 16.5. The van der Waals surface area contributed by atoms with Crippen molar-refractivity contribution in [1.29, 1.82) is 16.1 Å². The maximum absolute atomic E-state index is 13.7. The van der Waals surface area contributed by atoms with Gasteiger partial charge in [-0.25, -0.2) is 12.8 Å². The van der Waals surface area contributed by atoms with Gasteiger partial charge in [0.2, 0.25) is 5.90 Å². The molecule has 0 aliphatic rings. The van der Waals surface area contributed by atoms with Gasteiger partial charge in [-0.05, 0) is 37.3 Å². The zero-order chi connectivity index (χ0) is 24.3. The lowest BCUT2D eigenvalue weighted by Gasteiger charge is -2.16. The van der Waals surface area contributed by atoms with Gasteiger partial charge in [-0.15, -0.1) is 0 Å². The maximum atomic E-state index is 13.7. The lowest BCUT2D eigenvalue weighted by atomic mass is 10.1. The molecular weight excluding hydrogens is 454 g/mol. The average molecular weight is 469 g/mol. The summed E-state index contributed by atoms with van der Waals surface area (Å²) in [7, 11) is -5.77. The number of ether oxygens (including phenoxy) is 2. The lowest BCUT2D eigenvalue weighted by molar-refractivity contribution is -0.0436. The summed E-state index contributed by atoms with van der Waals surface area (Å²) in [5, 5.41) is 23.7. The largest absolute Gasteiger partial charge is 0.501 e. The normalized spacial score (nSPS) is 11.8. The molecule has 0 bridgehead atoms. The number of nitrogens with one attached hydrogen (secondary N) is 2. The molecule has 168 valence electrons. The molecule has 0 atom stereocenters. The molecule has 32 heavy (non-hydrogen) atoms. The molecule has 0 amide bonds. The molecule has 2 rings (SSSR count). The highest BCUT2D eigenvalue weighted by molar-refractivity contribution is 7.92. The Bertz CT molecular complexity index is 1260. The summed E-state index contributed by atoms with van der Waals surface area (Å²) in [6, 6.07) is 6.43. The first-order valence-corrected chi connectivity index (χ1v) is 10.1. The molecule has 7 nitrogen and oxygen atoms in total. The molecule has 0 saturated heterocycles. The molecule has 0 aliphatic heterocycles. The first-order valence-electron chi connectivity index (χ1n) is 8.59. The van der Waals surface area contributed by atoms with E-state index in [0.29, 0.717) is 6.07 Å². The van der Waals surface area contributed by atoms with Gasteiger partial charge in [0.05, 0.1) is 16.5 Å². The fraction of sp³-hybridized carbons (Fsp3) is 0.150. The predicted octanol–water partition coefficient (Wildman–Crippen LogP) is 5.10. The molecule has 0 spiro atoms. The molecule has 12 heteroatoms. The van der Waals surface area contributed by atoms with Crippen molar-refractivity contribution in [3.63, 3.8) is 0 Å². The second-order valence-corrected chi connectivity index (χ2v) is 8.20. The highest BCUT2D eigenvalue weighted by Gasteiger charge is 2.48. The molecule has 0 aromatic heterocycles. The van der Waals surface area contributed by atoms with Crippen LogP contribution in [0.25, 0.3) is 6.08 Å². The molecule has 0 aliphatic carbocycles. The van der Waals surface area contributed by atoms with Crippen LogP contribution in [0.15, 0.2) is 41.3 Å². The summed E-state index contributed by atoms with van der Waals surface area (Å²) in [4.78, 5) is -1.09. The van der Waals surface area contributed by atoms with Gasteiger partial charge in [0.25, 0.3) is 9.84 Å². The van der Waals surface area contributed by atoms with E-state index in [4.69, 9.17) is 20.8 Å². The van der Waals surface area contributed by atoms with E-state index in [1.54, 1.807) is 6.07 Å². The summed E-state index contributed by atoms with van der Waals surface area (Å²) in [5.41, 5.74) is -6.19. The minimum absolute atomic E-state index is 0.0679. The van der Waals surface area contributed by atoms with Gasteiger partial charge in [0.1, 0.15) is 17.3 Å². The third-order valence-electron chi connectivity index (χ3n) is 3.91. The third kappa shape index (κ3) is 5.50. The van der Waals surface area contributed by atoms with Crippen LogP contribution in [-0.2, 0) is 14.6 Å². The van der Waals surface area contributed by atoms with E-state index in [2.05, 4.69) is 4.74 Å². The Labute approximate surface area is 180 Å². The van der Waals surface area contributed by atoms with Crippen molar-refractivity contribution in [2.75, 3.05) is 0 Å². The van der Waals surface area contributed by atoms with Crippen LogP contribution in [-0.4, -0.2) is 25.7 Å². The standard InChI is InChI=1S/C20H15F4N3O4S/c1-11-16(3-6-19(27)30-12(2)26)18(32(28,29)20(22,23)24)5-4-17(11)31-15-8-13(10-25)7-14(21)9-15/h3-9,26-27H,1-2H3/b6-3+,26-12?,27-19?. The van der Waals surface area contributed by atoms with Crippen LogP contribution in [0, 0.1) is 34.9 Å². The summed E-state index contributed by atoms with van der Waals surface area (Å²) in [6.45, 7) is 2.48. The Morgan fingerprint density at radius 3 is 2.41 bits per heavy atom. The lowest BCUT2D eigenvalue weighted by Crippen LogP contribution is -2.24. The topological polar surface area (TPSA) is 124 Å². The molecular formula is C20H15F4N3O4S. The number of alkyl halides is 3. The van der Waals surface area contributed by atoms with Crippen molar-refractivity contribution < 1.29 is 35.5 Å². The van der Waals surface area contributed by atoms with Crippen LogP contribution in [0.3, 0.4) is 0 Å². The Morgan fingerprint density at radius 2 is 1.84 bits per heavy atom. The van der Waals surface area contributed by atoms with E-state index in [-0.39, 0.29) is 28.5 Å². The van der Waals surface area contributed by atoms with Crippen LogP contribution >= 0.6 is 0 Å². The Morgan fingerprint density at radius 1 is 1.19 bits per heavy atom. The molecule has 0 unspecified atom stereocenters. The smallest absolute Gasteiger partial charge is 0.457 e. The van der Waals surface area contributed by atoms with Gasteiger partial charge in [-0.1, -0.05) is 0 Å². The van der Waals surface area contributed by atoms with Crippen molar-refractivity contribution in [3.05, 3.63) is 58.9 Å². The average Bonchev–Trinajstić information content (AvgIpc) is 2.66. The highest BCUT2D eigenvalue weighted by atomic mass is 32.2. The zero-order valence-corrected chi connectivity index (χ0v) is 17.4. The molecule has 0 saturated carbocycles. The van der Waals surface area contributed by atoms with E-state index >= 15 is 0 Å². The molecule has 2 N–H and O–H groups in total. The predicted molar refractivity (Wildman–Crippen MR) is 107 cm³/mol. The van der Waals surface area contributed by atoms with Gasteiger partial charge in [0.15, 0.2) is 5.90 Å². The fourth-order valence-corrected chi connectivity index (χ4v) is 3.54. The SMILES string of the molecule is CC(=N)OC(=N)/C=C/c1c(S(=O)(=O)C(F)(F)F)ccc(Oc2cc(F)cc(C#N)c2)c1C. The van der Waals surface area contributed by atoms with Crippen LogP contribution in [0.1, 0.15) is 23.6 Å².